The van der Waals surface area contributed by atoms with Crippen LogP contribution < -0.4 is 0 Å². The van der Waals surface area contributed by atoms with Crippen LogP contribution in [0.25, 0.3) is 0 Å². The Morgan fingerprint density at radius 1 is 1.17 bits per heavy atom. The van der Waals surface area contributed by atoms with Crippen LogP contribution in [-0.4, -0.2) is 8.42 Å². The molecule has 0 bridgehead atoms. The van der Waals surface area contributed by atoms with Crippen molar-refractivity contribution in [3.8, 4) is 0 Å². The highest BCUT2D eigenvalue weighted by atomic mass is 35.5. The lowest BCUT2D eigenvalue weighted by Gasteiger charge is -1.89. The highest BCUT2D eigenvalue weighted by Crippen LogP contribution is 1.98. The van der Waals surface area contributed by atoms with Gasteiger partial charge >= 0.3 is 10.5 Å². The van der Waals surface area contributed by atoms with E-state index in [1.54, 1.807) is 0 Å². The zero-order valence-corrected chi connectivity index (χ0v) is 7.81. The Morgan fingerprint density at radius 2 is 1.75 bits per heavy atom. The standard InChI is InChI=1S/C7H7NO2S.ClH/c9-11(10)8-6-7-4-2-1-3-5-7;/h1-5H,6H2;1H. The molecular formula is C7H8ClNO2S. The van der Waals surface area contributed by atoms with E-state index >= 15 is 0 Å². The first kappa shape index (κ1) is 11.1. The van der Waals surface area contributed by atoms with E-state index in [1.165, 1.54) is 0 Å². The number of halogens is 1. The van der Waals surface area contributed by atoms with E-state index in [1.807, 2.05) is 30.3 Å². The molecule has 0 saturated carbocycles. The fourth-order valence-corrected chi connectivity index (χ4v) is 0.965. The molecule has 0 atom stereocenters. The van der Waals surface area contributed by atoms with Gasteiger partial charge in [-0.2, -0.15) is 12.8 Å². The van der Waals surface area contributed by atoms with Gasteiger partial charge in [0.15, 0.2) is 0 Å². The summed E-state index contributed by atoms with van der Waals surface area (Å²) < 4.78 is 23.3. The largest absolute Gasteiger partial charge is 0.311 e. The molecule has 1 aromatic rings. The molecule has 0 spiro atoms. The van der Waals surface area contributed by atoms with E-state index in [0.29, 0.717) is 0 Å². The molecule has 0 unspecified atom stereocenters. The monoisotopic (exact) mass is 205 g/mol. The van der Waals surface area contributed by atoms with Crippen molar-refractivity contribution in [3.63, 3.8) is 0 Å². The van der Waals surface area contributed by atoms with Crippen LogP contribution in [0.2, 0.25) is 0 Å². The van der Waals surface area contributed by atoms with Gasteiger partial charge in [0.25, 0.3) is 0 Å². The molecule has 5 heteroatoms. The SMILES string of the molecule is Cl.O=S(=O)=NCc1ccccc1. The van der Waals surface area contributed by atoms with Crippen LogP contribution in [0.4, 0.5) is 0 Å². The van der Waals surface area contributed by atoms with Gasteiger partial charge in [-0.3, -0.25) is 0 Å². The molecule has 1 aromatic carbocycles. The second-order valence-corrected chi connectivity index (χ2v) is 2.68. The number of nitrogens with zero attached hydrogens (tertiary/aromatic N) is 1. The first-order valence-electron chi connectivity index (χ1n) is 3.10. The molecule has 66 valence electrons. The third-order valence-corrected chi connectivity index (χ3v) is 1.54. The lowest BCUT2D eigenvalue weighted by Crippen LogP contribution is -1.77. The molecule has 0 heterocycles. The molecule has 0 aliphatic rings. The third-order valence-electron chi connectivity index (χ3n) is 1.20. The van der Waals surface area contributed by atoms with Crippen molar-refractivity contribution in [3.05, 3.63) is 35.9 Å². The van der Waals surface area contributed by atoms with Crippen molar-refractivity contribution in [2.45, 2.75) is 6.54 Å². The maximum absolute atomic E-state index is 10.0. The molecule has 0 radical (unpaired) electrons. The summed E-state index contributed by atoms with van der Waals surface area (Å²) in [5.41, 5.74) is 0.900. The summed E-state index contributed by atoms with van der Waals surface area (Å²) in [6.45, 7) is 0.233. The first-order valence-corrected chi connectivity index (χ1v) is 4.13. The molecule has 0 aromatic heterocycles. The van der Waals surface area contributed by atoms with Crippen molar-refractivity contribution in [2.75, 3.05) is 0 Å². The molecule has 3 nitrogen and oxygen atoms in total. The summed E-state index contributed by atoms with van der Waals surface area (Å²) in [5, 5.41) is 0. The fraction of sp³-hybridized carbons (Fsp3) is 0.143. The summed E-state index contributed by atoms with van der Waals surface area (Å²) in [4.78, 5) is 0. The van der Waals surface area contributed by atoms with E-state index in [4.69, 9.17) is 0 Å². The van der Waals surface area contributed by atoms with Gasteiger partial charge in [0.1, 0.15) is 0 Å². The number of benzene rings is 1. The van der Waals surface area contributed by atoms with Gasteiger partial charge < -0.3 is 0 Å². The molecule has 12 heavy (non-hydrogen) atoms. The van der Waals surface area contributed by atoms with Gasteiger partial charge in [-0.05, 0) is 5.56 Å². The van der Waals surface area contributed by atoms with E-state index < -0.39 is 10.5 Å². The average molecular weight is 206 g/mol. The number of hydrogen-bond donors (Lipinski definition) is 0. The van der Waals surface area contributed by atoms with Gasteiger partial charge in [0, 0.05) is 0 Å². The maximum atomic E-state index is 10.0. The Labute approximate surface area is 78.5 Å². The highest BCUT2D eigenvalue weighted by molar-refractivity contribution is 7.61. The summed E-state index contributed by atoms with van der Waals surface area (Å²) >= 11 is 0. The molecule has 0 saturated heterocycles. The molecule has 0 aliphatic heterocycles. The highest BCUT2D eigenvalue weighted by Gasteiger charge is 1.86. The molecule has 0 N–H and O–H groups in total. The Morgan fingerprint density at radius 3 is 2.25 bits per heavy atom. The average Bonchev–Trinajstić information content (AvgIpc) is 2.03. The zero-order valence-electron chi connectivity index (χ0n) is 6.17. The van der Waals surface area contributed by atoms with Gasteiger partial charge in [-0.25, -0.2) is 0 Å². The summed E-state index contributed by atoms with van der Waals surface area (Å²) in [6, 6.07) is 9.22. The minimum atomic E-state index is -2.29. The van der Waals surface area contributed by atoms with Gasteiger partial charge in [0.05, 0.1) is 6.54 Å². The Hall–Kier alpha value is -0.870. The smallest absolute Gasteiger partial charge is 0.167 e. The van der Waals surface area contributed by atoms with Crippen molar-refractivity contribution in [1.29, 1.82) is 0 Å². The number of hydrogen-bond acceptors (Lipinski definition) is 3. The Bertz CT molecular complexity index is 339. The lowest BCUT2D eigenvalue weighted by atomic mass is 10.2. The number of rotatable bonds is 2. The summed E-state index contributed by atoms with van der Waals surface area (Å²) in [5.74, 6) is 0. The minimum absolute atomic E-state index is 0. The predicted molar refractivity (Wildman–Crippen MR) is 48.7 cm³/mol. The summed E-state index contributed by atoms with van der Waals surface area (Å²) in [6.07, 6.45) is 0. The van der Waals surface area contributed by atoms with Crippen LogP contribution in [0.5, 0.6) is 0 Å². The van der Waals surface area contributed by atoms with Crippen LogP contribution >= 0.6 is 12.4 Å². The third kappa shape index (κ3) is 4.10. The van der Waals surface area contributed by atoms with Crippen LogP contribution in [-0.2, 0) is 17.0 Å². The normalized spacial score (nSPS) is 8.33. The van der Waals surface area contributed by atoms with E-state index in [0.717, 1.165) is 5.56 Å². The van der Waals surface area contributed by atoms with Crippen LogP contribution in [0.15, 0.2) is 34.7 Å². The predicted octanol–water partition coefficient (Wildman–Crippen LogP) is 1.67. The van der Waals surface area contributed by atoms with E-state index in [-0.39, 0.29) is 19.0 Å². The van der Waals surface area contributed by atoms with Gasteiger partial charge in [-0.1, -0.05) is 30.3 Å². The summed E-state index contributed by atoms with van der Waals surface area (Å²) in [7, 11) is -2.29. The van der Waals surface area contributed by atoms with E-state index in [2.05, 4.69) is 4.36 Å². The van der Waals surface area contributed by atoms with Gasteiger partial charge in [-0.15, -0.1) is 12.4 Å². The van der Waals surface area contributed by atoms with Crippen LogP contribution in [0, 0.1) is 0 Å². The lowest BCUT2D eigenvalue weighted by molar-refractivity contribution is 0.620. The van der Waals surface area contributed by atoms with E-state index in [9.17, 15) is 8.42 Å². The van der Waals surface area contributed by atoms with Crippen molar-refractivity contribution < 1.29 is 8.42 Å². The first-order chi connectivity index (χ1) is 5.29. The molecular weight excluding hydrogens is 198 g/mol. The van der Waals surface area contributed by atoms with Gasteiger partial charge in [0.2, 0.25) is 0 Å². The second kappa shape index (κ2) is 5.74. The van der Waals surface area contributed by atoms with Crippen molar-refractivity contribution in [2.24, 2.45) is 4.36 Å². The van der Waals surface area contributed by atoms with Crippen LogP contribution in [0.1, 0.15) is 5.56 Å². The Kier molecular flexibility index (Phi) is 5.32. The minimum Gasteiger partial charge on any atom is -0.167 e. The quantitative estimate of drug-likeness (QED) is 0.738. The maximum Gasteiger partial charge on any atom is 0.311 e. The zero-order chi connectivity index (χ0) is 8.10. The second-order valence-electron chi connectivity index (χ2n) is 1.99. The molecule has 0 amide bonds. The molecule has 0 aliphatic carbocycles. The van der Waals surface area contributed by atoms with Crippen molar-refractivity contribution >= 4 is 22.9 Å². The molecule has 0 fully saturated rings. The van der Waals surface area contributed by atoms with Crippen molar-refractivity contribution in [1.82, 2.24) is 0 Å². The molecule has 1 rings (SSSR count). The van der Waals surface area contributed by atoms with Crippen LogP contribution in [0.3, 0.4) is 0 Å². The topological polar surface area (TPSA) is 46.5 Å². The Balaban J connectivity index is 0.00000121. The fourth-order valence-electron chi connectivity index (χ4n) is 0.711.